The van der Waals surface area contributed by atoms with Crippen molar-refractivity contribution in [3.05, 3.63) is 54.0 Å². The number of amides is 2. The second-order valence-electron chi connectivity index (χ2n) is 6.00. The van der Waals surface area contributed by atoms with Crippen molar-refractivity contribution in [1.29, 1.82) is 0 Å². The van der Waals surface area contributed by atoms with Crippen LogP contribution in [0, 0.1) is 5.92 Å². The van der Waals surface area contributed by atoms with Crippen molar-refractivity contribution >= 4 is 23.9 Å². The number of carbonyl (C=O) groups excluding carboxylic acids is 2. The Morgan fingerprint density at radius 3 is 2.38 bits per heavy atom. The Morgan fingerprint density at radius 2 is 1.85 bits per heavy atom. The molecule has 2 aromatic heterocycles. The van der Waals surface area contributed by atoms with Crippen LogP contribution in [0.4, 0.5) is 0 Å². The fourth-order valence-corrected chi connectivity index (χ4v) is 2.19. The number of hydrogen-bond acceptors (Lipinski definition) is 5. The van der Waals surface area contributed by atoms with Crippen LogP contribution in [0.2, 0.25) is 0 Å². The fourth-order valence-electron chi connectivity index (χ4n) is 2.19. The molecule has 2 heterocycles. The number of carbonyl (C=O) groups is 3. The van der Waals surface area contributed by atoms with E-state index in [-0.39, 0.29) is 23.8 Å². The molecule has 0 aliphatic carbocycles. The Labute approximate surface area is 149 Å². The molecule has 8 nitrogen and oxygen atoms in total. The molecule has 0 saturated carbocycles. The van der Waals surface area contributed by atoms with Crippen LogP contribution in [0.3, 0.4) is 0 Å². The summed E-state index contributed by atoms with van der Waals surface area (Å²) in [4.78, 5) is 36.1. The predicted octanol–water partition coefficient (Wildman–Crippen LogP) is 2.26. The van der Waals surface area contributed by atoms with Gasteiger partial charge in [-0.3, -0.25) is 9.59 Å². The van der Waals surface area contributed by atoms with Crippen molar-refractivity contribution in [2.75, 3.05) is 0 Å². The van der Waals surface area contributed by atoms with Crippen molar-refractivity contribution < 1.29 is 28.3 Å². The molecule has 0 aliphatic heterocycles. The maximum Gasteiger partial charge on any atom is 0.326 e. The van der Waals surface area contributed by atoms with Gasteiger partial charge in [0.05, 0.1) is 12.5 Å². The zero-order valence-electron chi connectivity index (χ0n) is 14.4. The van der Waals surface area contributed by atoms with Gasteiger partial charge >= 0.3 is 5.97 Å². The van der Waals surface area contributed by atoms with Gasteiger partial charge in [0, 0.05) is 6.08 Å². The van der Waals surface area contributed by atoms with Gasteiger partial charge in [0.2, 0.25) is 0 Å². The largest absolute Gasteiger partial charge is 0.480 e. The summed E-state index contributed by atoms with van der Waals surface area (Å²) in [5, 5.41) is 14.1. The van der Waals surface area contributed by atoms with Crippen molar-refractivity contribution in [1.82, 2.24) is 10.6 Å². The summed E-state index contributed by atoms with van der Waals surface area (Å²) in [5.41, 5.74) is -0.156. The molecule has 0 radical (unpaired) electrons. The Balaban J connectivity index is 2.21. The summed E-state index contributed by atoms with van der Waals surface area (Å²) in [7, 11) is 0. The molecular formula is C18H20N2O6. The molecule has 26 heavy (non-hydrogen) atoms. The quantitative estimate of drug-likeness (QED) is 0.621. The number of carboxylic acid groups (broad SMARTS) is 1. The van der Waals surface area contributed by atoms with Crippen LogP contribution < -0.4 is 10.6 Å². The number of nitrogens with one attached hydrogen (secondary N) is 2. The van der Waals surface area contributed by atoms with E-state index in [1.807, 2.05) is 13.8 Å². The highest BCUT2D eigenvalue weighted by molar-refractivity contribution is 6.05. The molecule has 2 rings (SSSR count). The summed E-state index contributed by atoms with van der Waals surface area (Å²) in [5.74, 6) is -2.13. The van der Waals surface area contributed by atoms with Gasteiger partial charge in [0.1, 0.15) is 17.5 Å². The number of furan rings is 2. The van der Waals surface area contributed by atoms with Crippen LogP contribution in [0.25, 0.3) is 6.08 Å². The first-order valence-corrected chi connectivity index (χ1v) is 8.00. The molecule has 2 aromatic rings. The standard InChI is InChI=1S/C18H20N2O6/c1-11(2)9-14(18(23)24)20-16(21)13(10-12-5-3-7-25-12)19-17(22)15-6-4-8-26-15/h3-8,10-11,14H,9H2,1-2H3,(H,19,22)(H,20,21)(H,23,24)/b13-10+/t14-/m0/s1. The highest BCUT2D eigenvalue weighted by Crippen LogP contribution is 2.10. The van der Waals surface area contributed by atoms with Crippen molar-refractivity contribution in [2.24, 2.45) is 5.92 Å². The SMILES string of the molecule is CC(C)C[C@H](NC(=O)/C(=C\c1ccco1)NC(=O)c1ccco1)C(=O)O. The first kappa shape index (κ1) is 19.0. The average molecular weight is 360 g/mol. The van der Waals surface area contributed by atoms with Crippen LogP contribution in [0.5, 0.6) is 0 Å². The molecule has 0 spiro atoms. The zero-order valence-corrected chi connectivity index (χ0v) is 14.4. The van der Waals surface area contributed by atoms with Crippen molar-refractivity contribution in [2.45, 2.75) is 26.3 Å². The van der Waals surface area contributed by atoms with E-state index >= 15 is 0 Å². The molecule has 0 fully saturated rings. The van der Waals surface area contributed by atoms with Crippen LogP contribution in [0.15, 0.2) is 51.3 Å². The first-order valence-electron chi connectivity index (χ1n) is 8.00. The van der Waals surface area contributed by atoms with Crippen molar-refractivity contribution in [3.63, 3.8) is 0 Å². The van der Waals surface area contributed by atoms with E-state index in [0.717, 1.165) is 0 Å². The van der Waals surface area contributed by atoms with Gasteiger partial charge < -0.3 is 24.6 Å². The molecule has 0 aliphatic rings. The highest BCUT2D eigenvalue weighted by atomic mass is 16.4. The maximum absolute atomic E-state index is 12.5. The third-order valence-corrected chi connectivity index (χ3v) is 3.38. The summed E-state index contributed by atoms with van der Waals surface area (Å²) < 4.78 is 10.2. The summed E-state index contributed by atoms with van der Waals surface area (Å²) in [6, 6.07) is 5.11. The Hall–Kier alpha value is -3.29. The van der Waals surface area contributed by atoms with Crippen LogP contribution in [0.1, 0.15) is 36.6 Å². The van der Waals surface area contributed by atoms with E-state index in [0.29, 0.717) is 5.76 Å². The Bertz CT molecular complexity index is 775. The van der Waals surface area contributed by atoms with E-state index in [2.05, 4.69) is 10.6 Å². The number of hydrogen-bond donors (Lipinski definition) is 3. The van der Waals surface area contributed by atoms with Gasteiger partial charge in [-0.2, -0.15) is 0 Å². The zero-order chi connectivity index (χ0) is 19.1. The molecule has 8 heteroatoms. The second-order valence-corrected chi connectivity index (χ2v) is 6.00. The van der Waals surface area contributed by atoms with E-state index in [9.17, 15) is 19.5 Å². The minimum Gasteiger partial charge on any atom is -0.480 e. The third-order valence-electron chi connectivity index (χ3n) is 3.38. The van der Waals surface area contributed by atoms with Gasteiger partial charge in [0.15, 0.2) is 5.76 Å². The second kappa shape index (κ2) is 8.70. The van der Waals surface area contributed by atoms with E-state index < -0.39 is 23.8 Å². The van der Waals surface area contributed by atoms with Gasteiger partial charge in [-0.15, -0.1) is 0 Å². The maximum atomic E-state index is 12.5. The molecule has 0 saturated heterocycles. The first-order chi connectivity index (χ1) is 12.4. The molecule has 1 atom stereocenters. The van der Waals surface area contributed by atoms with Gasteiger partial charge in [0.25, 0.3) is 11.8 Å². The van der Waals surface area contributed by atoms with Crippen LogP contribution in [-0.4, -0.2) is 28.9 Å². The van der Waals surface area contributed by atoms with Crippen molar-refractivity contribution in [3.8, 4) is 0 Å². The lowest BCUT2D eigenvalue weighted by Gasteiger charge is -2.17. The molecule has 0 aromatic carbocycles. The molecule has 138 valence electrons. The van der Waals surface area contributed by atoms with Gasteiger partial charge in [-0.1, -0.05) is 13.8 Å². The topological polar surface area (TPSA) is 122 Å². The Morgan fingerprint density at radius 1 is 1.15 bits per heavy atom. The molecule has 0 bridgehead atoms. The average Bonchev–Trinajstić information content (AvgIpc) is 3.26. The summed E-state index contributed by atoms with van der Waals surface area (Å²) in [6.07, 6.45) is 4.30. The minimum absolute atomic E-state index is 0.0140. The van der Waals surface area contributed by atoms with Gasteiger partial charge in [-0.05, 0) is 36.6 Å². The lowest BCUT2D eigenvalue weighted by atomic mass is 10.0. The number of carboxylic acids is 1. The van der Waals surface area contributed by atoms with E-state index in [4.69, 9.17) is 8.83 Å². The molecular weight excluding hydrogens is 340 g/mol. The normalized spacial score (nSPS) is 12.7. The Kier molecular flexibility index (Phi) is 6.37. The van der Waals surface area contributed by atoms with Crippen LogP contribution >= 0.6 is 0 Å². The number of rotatable bonds is 8. The smallest absolute Gasteiger partial charge is 0.326 e. The lowest BCUT2D eigenvalue weighted by Crippen LogP contribution is -2.44. The summed E-state index contributed by atoms with van der Waals surface area (Å²) >= 11 is 0. The lowest BCUT2D eigenvalue weighted by molar-refractivity contribution is -0.141. The minimum atomic E-state index is -1.15. The van der Waals surface area contributed by atoms with E-state index in [1.165, 1.54) is 30.7 Å². The number of aliphatic carboxylic acids is 1. The third kappa shape index (κ3) is 5.37. The predicted molar refractivity (Wildman–Crippen MR) is 91.9 cm³/mol. The van der Waals surface area contributed by atoms with Crippen LogP contribution in [-0.2, 0) is 9.59 Å². The molecule has 3 N–H and O–H groups in total. The summed E-state index contributed by atoms with van der Waals surface area (Å²) in [6.45, 7) is 3.70. The highest BCUT2D eigenvalue weighted by Gasteiger charge is 2.24. The monoisotopic (exact) mass is 360 g/mol. The van der Waals surface area contributed by atoms with Gasteiger partial charge in [-0.25, -0.2) is 4.79 Å². The molecule has 0 unspecified atom stereocenters. The van der Waals surface area contributed by atoms with E-state index in [1.54, 1.807) is 12.1 Å². The molecule has 2 amide bonds. The fraction of sp³-hybridized carbons (Fsp3) is 0.278.